The Morgan fingerprint density at radius 2 is 2.00 bits per heavy atom. The highest BCUT2D eigenvalue weighted by atomic mass is 28.3. The molecule has 4 aromatic heterocycles. The van der Waals surface area contributed by atoms with E-state index in [1.54, 1.807) is 6.20 Å². The van der Waals surface area contributed by atoms with Gasteiger partial charge in [0.25, 0.3) is 0 Å². The number of hydrogen-bond acceptors (Lipinski definition) is 5. The van der Waals surface area contributed by atoms with Crippen LogP contribution in [0.2, 0.25) is 25.7 Å². The van der Waals surface area contributed by atoms with Gasteiger partial charge in [-0.2, -0.15) is 5.10 Å². The van der Waals surface area contributed by atoms with Crippen LogP contribution in [-0.2, 0) is 23.4 Å². The zero-order chi connectivity index (χ0) is 27.9. The van der Waals surface area contributed by atoms with Crippen molar-refractivity contribution in [3.05, 3.63) is 65.9 Å². The minimum Gasteiger partial charge on any atom is -0.465 e. The van der Waals surface area contributed by atoms with Crippen LogP contribution < -0.4 is 0 Å². The Labute approximate surface area is 234 Å². The molecule has 1 N–H and O–H groups in total. The normalized spacial score (nSPS) is 18.3. The molecular formula is C30H34N6O3Si. The van der Waals surface area contributed by atoms with Gasteiger partial charge >= 0.3 is 6.09 Å². The van der Waals surface area contributed by atoms with Crippen molar-refractivity contribution in [1.82, 2.24) is 29.2 Å². The molecule has 1 unspecified atom stereocenters. The third-order valence-corrected chi connectivity index (χ3v) is 9.68. The Bertz CT molecular complexity index is 1630. The van der Waals surface area contributed by atoms with E-state index in [9.17, 15) is 9.90 Å². The van der Waals surface area contributed by atoms with Gasteiger partial charge in [-0.15, -0.1) is 0 Å². The summed E-state index contributed by atoms with van der Waals surface area (Å²) in [5.74, 6) is 6.48. The highest BCUT2D eigenvalue weighted by Crippen LogP contribution is 2.43. The highest BCUT2D eigenvalue weighted by Gasteiger charge is 2.47. The fourth-order valence-corrected chi connectivity index (χ4v) is 6.43. The van der Waals surface area contributed by atoms with Gasteiger partial charge in [-0.1, -0.05) is 31.6 Å². The zero-order valence-corrected chi connectivity index (χ0v) is 24.2. The highest BCUT2D eigenvalue weighted by molar-refractivity contribution is 6.76. The van der Waals surface area contributed by atoms with E-state index in [0.29, 0.717) is 25.5 Å². The summed E-state index contributed by atoms with van der Waals surface area (Å²) in [5, 5.41) is 15.4. The van der Waals surface area contributed by atoms with Crippen LogP contribution in [-0.4, -0.2) is 68.2 Å². The van der Waals surface area contributed by atoms with Crippen molar-refractivity contribution in [3.63, 3.8) is 0 Å². The lowest BCUT2D eigenvalue weighted by Gasteiger charge is -2.21. The number of likely N-dealkylation sites (tertiary alicyclic amines) is 1. The van der Waals surface area contributed by atoms with Crippen LogP contribution in [0, 0.1) is 11.8 Å². The van der Waals surface area contributed by atoms with Gasteiger partial charge in [-0.3, -0.25) is 4.68 Å². The first-order valence-electron chi connectivity index (χ1n) is 13.8. The number of hydrogen-bond donors (Lipinski definition) is 1. The van der Waals surface area contributed by atoms with Crippen LogP contribution in [0.25, 0.3) is 22.3 Å². The Morgan fingerprint density at radius 3 is 2.75 bits per heavy atom. The lowest BCUT2D eigenvalue weighted by Crippen LogP contribution is -2.32. The first-order chi connectivity index (χ1) is 19.2. The summed E-state index contributed by atoms with van der Waals surface area (Å²) >= 11 is 0. The summed E-state index contributed by atoms with van der Waals surface area (Å²) in [7, 11) is -1.18. The van der Waals surface area contributed by atoms with E-state index in [1.165, 1.54) is 4.90 Å². The Hall–Kier alpha value is -3.94. The fourth-order valence-electron chi connectivity index (χ4n) is 5.67. The molecule has 1 atom stereocenters. The second kappa shape index (κ2) is 10.2. The van der Waals surface area contributed by atoms with E-state index >= 15 is 0 Å². The third kappa shape index (κ3) is 5.14. The first kappa shape index (κ1) is 26.3. The largest absolute Gasteiger partial charge is 0.465 e. The maximum absolute atomic E-state index is 11.6. The Kier molecular flexibility index (Phi) is 6.72. The van der Waals surface area contributed by atoms with E-state index in [1.807, 2.05) is 39.8 Å². The van der Waals surface area contributed by atoms with E-state index in [0.717, 1.165) is 65.6 Å². The third-order valence-electron chi connectivity index (χ3n) is 7.98. The smallest absolute Gasteiger partial charge is 0.407 e. The predicted octanol–water partition coefficient (Wildman–Crippen LogP) is 5.03. The molecule has 2 aliphatic heterocycles. The number of pyridine rings is 2. The summed E-state index contributed by atoms with van der Waals surface area (Å²) in [4.78, 5) is 22.3. The average molecular weight is 555 g/mol. The minimum absolute atomic E-state index is 0.156. The first-order valence-corrected chi connectivity index (χ1v) is 17.5. The van der Waals surface area contributed by atoms with Gasteiger partial charge in [0.15, 0.2) is 0 Å². The molecule has 206 valence electrons. The van der Waals surface area contributed by atoms with Crippen molar-refractivity contribution >= 4 is 25.2 Å². The number of amides is 1. The SMILES string of the molecule is C[Si](C)(C)CCOCn1cc(C#Cc2ccccn2)c2cc(-c3cc4n(n3)CCC43CCN(C(=O)O)C3)cnc21. The van der Waals surface area contributed by atoms with Gasteiger partial charge in [-0.25, -0.2) is 14.8 Å². The van der Waals surface area contributed by atoms with Gasteiger partial charge in [0.2, 0.25) is 0 Å². The van der Waals surface area contributed by atoms with Gasteiger partial charge < -0.3 is 19.3 Å². The van der Waals surface area contributed by atoms with E-state index in [4.69, 9.17) is 14.8 Å². The molecule has 1 saturated heterocycles. The van der Waals surface area contributed by atoms with Gasteiger partial charge in [-0.05, 0) is 49.1 Å². The Balaban J connectivity index is 1.33. The topological polar surface area (TPSA) is 98.3 Å². The molecule has 10 heteroatoms. The number of ether oxygens (including phenoxy) is 1. The molecule has 0 saturated carbocycles. The van der Waals surface area contributed by atoms with Crippen molar-refractivity contribution in [2.45, 2.75) is 57.2 Å². The molecule has 0 aliphatic carbocycles. The molecule has 6 rings (SSSR count). The quantitative estimate of drug-likeness (QED) is 0.204. The fraction of sp³-hybridized carbons (Fsp3) is 0.400. The monoisotopic (exact) mass is 554 g/mol. The van der Waals surface area contributed by atoms with Crippen molar-refractivity contribution in [2.75, 3.05) is 19.7 Å². The maximum atomic E-state index is 11.6. The molecule has 2 aliphatic rings. The Morgan fingerprint density at radius 1 is 1.15 bits per heavy atom. The zero-order valence-electron chi connectivity index (χ0n) is 23.2. The number of carboxylic acid groups (broad SMARTS) is 1. The van der Waals surface area contributed by atoms with E-state index < -0.39 is 14.2 Å². The van der Waals surface area contributed by atoms with E-state index in [-0.39, 0.29) is 5.41 Å². The molecule has 6 heterocycles. The van der Waals surface area contributed by atoms with Gasteiger partial charge in [0, 0.05) is 75.0 Å². The molecule has 0 radical (unpaired) electrons. The molecule has 40 heavy (non-hydrogen) atoms. The number of fused-ring (bicyclic) bond motifs is 3. The standard InChI is InChI=1S/C30H34N6O3Si/c1-40(2,3)15-14-39-21-35-19-22(7-8-24-6-4-5-11-31-24)25-16-23(18-32-28(25)35)26-17-27-30(10-13-36(27)33-26)9-12-34(20-30)29(37)38/h4-6,11,16-19H,9-10,12-15,20-21H2,1-3H3,(H,37,38). The van der Waals surface area contributed by atoms with Crippen LogP contribution in [0.1, 0.15) is 29.8 Å². The molecule has 1 amide bonds. The van der Waals surface area contributed by atoms with E-state index in [2.05, 4.69) is 48.6 Å². The number of carbonyl (C=O) groups is 1. The molecule has 0 bridgehead atoms. The molecule has 4 aromatic rings. The lowest BCUT2D eigenvalue weighted by atomic mass is 9.82. The van der Waals surface area contributed by atoms with Crippen molar-refractivity contribution in [1.29, 1.82) is 0 Å². The second-order valence-corrected chi connectivity index (χ2v) is 17.7. The maximum Gasteiger partial charge on any atom is 0.407 e. The van der Waals surface area contributed by atoms with Crippen molar-refractivity contribution in [2.24, 2.45) is 0 Å². The second-order valence-electron chi connectivity index (χ2n) is 12.0. The van der Waals surface area contributed by atoms with Crippen molar-refractivity contribution in [3.8, 4) is 23.1 Å². The summed E-state index contributed by atoms with van der Waals surface area (Å²) in [5.41, 5.74) is 5.11. The number of nitrogens with zero attached hydrogens (tertiary/aromatic N) is 6. The predicted molar refractivity (Wildman–Crippen MR) is 156 cm³/mol. The van der Waals surface area contributed by atoms with Crippen molar-refractivity contribution < 1.29 is 14.6 Å². The average Bonchev–Trinajstić information content (AvgIpc) is 3.70. The van der Waals surface area contributed by atoms with Crippen LogP contribution in [0.3, 0.4) is 0 Å². The summed E-state index contributed by atoms with van der Waals surface area (Å²) in [6.45, 7) is 10.1. The van der Waals surface area contributed by atoms with Gasteiger partial charge in [0.1, 0.15) is 18.1 Å². The number of rotatable bonds is 6. The summed E-state index contributed by atoms with van der Waals surface area (Å²) in [6.07, 6.45) is 6.51. The van der Waals surface area contributed by atoms with Crippen LogP contribution in [0.4, 0.5) is 4.79 Å². The minimum atomic E-state index is -1.18. The lowest BCUT2D eigenvalue weighted by molar-refractivity contribution is 0.0898. The van der Waals surface area contributed by atoms with Gasteiger partial charge in [0.05, 0.1) is 11.3 Å². The van der Waals surface area contributed by atoms with Crippen LogP contribution >= 0.6 is 0 Å². The molecule has 9 nitrogen and oxygen atoms in total. The molecule has 0 aromatic carbocycles. The summed E-state index contributed by atoms with van der Waals surface area (Å²) in [6, 6.07) is 11.0. The molecule has 1 fully saturated rings. The van der Waals surface area contributed by atoms with Crippen LogP contribution in [0.15, 0.2) is 48.9 Å². The van der Waals surface area contributed by atoms with Crippen LogP contribution in [0.5, 0.6) is 0 Å². The number of aromatic nitrogens is 5. The molecular weight excluding hydrogens is 520 g/mol. The number of aryl methyl sites for hydroxylation is 1. The molecule has 1 spiro atoms. The summed E-state index contributed by atoms with van der Waals surface area (Å²) < 4.78 is 10.1.